The largest absolute Gasteiger partial charge is 0.508 e. The van der Waals surface area contributed by atoms with E-state index in [4.69, 9.17) is 4.74 Å². The zero-order valence-electron chi connectivity index (χ0n) is 26.4. The van der Waals surface area contributed by atoms with Gasteiger partial charge in [0.05, 0.1) is 6.61 Å². The molecule has 0 unspecified atom stereocenters. The minimum Gasteiger partial charge on any atom is -0.508 e. The predicted octanol–water partition coefficient (Wildman–Crippen LogP) is 7.33. The van der Waals surface area contributed by atoms with Gasteiger partial charge in [-0.25, -0.2) is 0 Å². The molecule has 1 atom stereocenters. The molecule has 0 aromatic heterocycles. The first-order valence-electron chi connectivity index (χ1n) is 15.6. The molecule has 0 aliphatic rings. The van der Waals surface area contributed by atoms with Gasteiger partial charge < -0.3 is 20.3 Å². The van der Waals surface area contributed by atoms with E-state index >= 15 is 0 Å². The van der Waals surface area contributed by atoms with Crippen LogP contribution in [0.3, 0.4) is 0 Å². The van der Waals surface area contributed by atoms with Gasteiger partial charge in [0.25, 0.3) is 5.91 Å². The lowest BCUT2D eigenvalue weighted by molar-refractivity contribution is 0.0953. The topological polar surface area (TPSA) is 82.0 Å². The number of aromatic hydroxyl groups is 2. The van der Waals surface area contributed by atoms with E-state index in [1.54, 1.807) is 18.2 Å². The molecule has 0 aliphatic carbocycles. The number of phenolic OH excluding ortho intramolecular Hbond substituents is 2. The van der Waals surface area contributed by atoms with Gasteiger partial charge in [0.2, 0.25) is 0 Å². The SMILES string of the molecule is CC(C)N(CC[C@H](c1ccccc1)c1cc(CCOc2ccc(CCNC(=O)c3cccc(O)c3)cc2)ccc1O)C(C)C. The quantitative estimate of drug-likeness (QED) is 0.134. The first-order chi connectivity index (χ1) is 21.2. The molecule has 6 heteroatoms. The summed E-state index contributed by atoms with van der Waals surface area (Å²) >= 11 is 0. The van der Waals surface area contributed by atoms with Crippen LogP contribution in [0.4, 0.5) is 0 Å². The first kappa shape index (κ1) is 32.6. The number of carbonyl (C=O) groups is 1. The predicted molar refractivity (Wildman–Crippen MR) is 178 cm³/mol. The van der Waals surface area contributed by atoms with Gasteiger partial charge in [0.15, 0.2) is 0 Å². The number of hydrogen-bond donors (Lipinski definition) is 3. The van der Waals surface area contributed by atoms with Gasteiger partial charge in [-0.05, 0) is 100 Å². The van der Waals surface area contributed by atoms with Gasteiger partial charge in [-0.15, -0.1) is 0 Å². The summed E-state index contributed by atoms with van der Waals surface area (Å²) in [5.41, 5.74) is 4.83. The van der Waals surface area contributed by atoms with E-state index in [-0.39, 0.29) is 17.6 Å². The van der Waals surface area contributed by atoms with E-state index in [2.05, 4.69) is 68.2 Å². The molecule has 4 aromatic rings. The van der Waals surface area contributed by atoms with Crippen LogP contribution in [0, 0.1) is 0 Å². The van der Waals surface area contributed by atoms with Crippen molar-refractivity contribution in [1.29, 1.82) is 0 Å². The highest BCUT2D eigenvalue weighted by molar-refractivity contribution is 5.94. The van der Waals surface area contributed by atoms with Crippen LogP contribution in [0.25, 0.3) is 0 Å². The van der Waals surface area contributed by atoms with Crippen LogP contribution < -0.4 is 10.1 Å². The van der Waals surface area contributed by atoms with E-state index in [1.807, 2.05) is 42.5 Å². The maximum absolute atomic E-state index is 12.3. The van der Waals surface area contributed by atoms with Crippen molar-refractivity contribution < 1.29 is 19.7 Å². The van der Waals surface area contributed by atoms with Crippen LogP contribution in [-0.4, -0.2) is 52.8 Å². The third kappa shape index (κ3) is 9.35. The second-order valence-electron chi connectivity index (χ2n) is 11.9. The fraction of sp³-hybridized carbons (Fsp3) is 0.342. The Morgan fingerprint density at radius 3 is 2.18 bits per heavy atom. The summed E-state index contributed by atoms with van der Waals surface area (Å²) in [6, 6.07) is 31.6. The van der Waals surface area contributed by atoms with Gasteiger partial charge in [-0.1, -0.05) is 60.7 Å². The molecule has 3 N–H and O–H groups in total. The Bertz CT molecular complexity index is 1460. The highest BCUT2D eigenvalue weighted by atomic mass is 16.5. The zero-order valence-corrected chi connectivity index (χ0v) is 26.4. The smallest absolute Gasteiger partial charge is 0.251 e. The summed E-state index contributed by atoms with van der Waals surface area (Å²) in [5, 5.41) is 23.4. The molecule has 4 aromatic carbocycles. The maximum Gasteiger partial charge on any atom is 0.251 e. The Balaban J connectivity index is 1.33. The molecule has 0 radical (unpaired) electrons. The van der Waals surface area contributed by atoms with Crippen molar-refractivity contribution in [2.75, 3.05) is 19.7 Å². The van der Waals surface area contributed by atoms with Gasteiger partial charge >= 0.3 is 0 Å². The molecule has 6 nitrogen and oxygen atoms in total. The van der Waals surface area contributed by atoms with Crippen LogP contribution in [0.2, 0.25) is 0 Å². The lowest BCUT2D eigenvalue weighted by Gasteiger charge is -2.32. The minimum absolute atomic E-state index is 0.0747. The first-order valence-corrected chi connectivity index (χ1v) is 15.6. The third-order valence-corrected chi connectivity index (χ3v) is 8.06. The number of ether oxygens (including phenoxy) is 1. The number of hydrogen-bond acceptors (Lipinski definition) is 5. The molecule has 232 valence electrons. The highest BCUT2D eigenvalue weighted by Crippen LogP contribution is 2.35. The Hall–Kier alpha value is -4.29. The van der Waals surface area contributed by atoms with Crippen molar-refractivity contribution in [2.45, 2.75) is 65.0 Å². The van der Waals surface area contributed by atoms with Gasteiger partial charge in [0.1, 0.15) is 17.2 Å². The molecule has 0 aliphatic heterocycles. The lowest BCUT2D eigenvalue weighted by Crippen LogP contribution is -2.38. The van der Waals surface area contributed by atoms with E-state index in [1.165, 1.54) is 11.6 Å². The number of benzene rings is 4. The number of carbonyl (C=O) groups excluding carboxylic acids is 1. The van der Waals surface area contributed by atoms with Gasteiger partial charge in [-0.2, -0.15) is 0 Å². The molecular weight excluding hydrogens is 548 g/mol. The van der Waals surface area contributed by atoms with Crippen LogP contribution >= 0.6 is 0 Å². The van der Waals surface area contributed by atoms with Crippen molar-refractivity contribution in [3.63, 3.8) is 0 Å². The van der Waals surface area contributed by atoms with Gasteiger partial charge in [0, 0.05) is 42.1 Å². The zero-order chi connectivity index (χ0) is 31.5. The van der Waals surface area contributed by atoms with E-state index in [9.17, 15) is 15.0 Å². The second-order valence-corrected chi connectivity index (χ2v) is 11.9. The fourth-order valence-electron chi connectivity index (χ4n) is 5.73. The second kappa shape index (κ2) is 16.0. The normalized spacial score (nSPS) is 12.1. The number of nitrogens with one attached hydrogen (secondary N) is 1. The van der Waals surface area contributed by atoms with E-state index < -0.39 is 0 Å². The third-order valence-electron chi connectivity index (χ3n) is 8.06. The van der Waals surface area contributed by atoms with Crippen molar-refractivity contribution in [3.8, 4) is 17.2 Å². The average molecular weight is 595 g/mol. The summed E-state index contributed by atoms with van der Waals surface area (Å²) in [6.45, 7) is 10.9. The maximum atomic E-state index is 12.3. The number of rotatable bonds is 15. The summed E-state index contributed by atoms with van der Waals surface area (Å²) < 4.78 is 6.06. The van der Waals surface area contributed by atoms with Crippen molar-refractivity contribution in [3.05, 3.63) is 125 Å². The van der Waals surface area contributed by atoms with Crippen LogP contribution in [0.5, 0.6) is 17.2 Å². The molecule has 4 rings (SSSR count). The number of amides is 1. The molecular formula is C38H46N2O4. The Morgan fingerprint density at radius 1 is 0.795 bits per heavy atom. The monoisotopic (exact) mass is 594 g/mol. The standard InChI is InChI=1S/C38H46N2O4/c1-27(2)40(28(3)4)23-20-35(31-9-6-5-7-10-31)36-25-30(15-18-37(36)42)21-24-44-34-16-13-29(14-17-34)19-22-39-38(43)32-11-8-12-33(41)26-32/h5-18,25-28,35,41-42H,19-24H2,1-4H3,(H,39,43)/t35-/m1/s1. The lowest BCUT2D eigenvalue weighted by atomic mass is 9.86. The summed E-state index contributed by atoms with van der Waals surface area (Å²) in [7, 11) is 0. The van der Waals surface area contributed by atoms with Crippen LogP contribution in [0.15, 0.2) is 97.1 Å². The molecule has 0 heterocycles. The summed E-state index contributed by atoms with van der Waals surface area (Å²) in [6.07, 6.45) is 2.33. The summed E-state index contributed by atoms with van der Waals surface area (Å²) in [4.78, 5) is 14.8. The van der Waals surface area contributed by atoms with E-state index in [0.29, 0.717) is 43.0 Å². The molecule has 0 saturated heterocycles. The van der Waals surface area contributed by atoms with Crippen LogP contribution in [0.1, 0.15) is 72.6 Å². The average Bonchev–Trinajstić information content (AvgIpc) is 3.01. The minimum atomic E-state index is -0.207. The van der Waals surface area contributed by atoms with E-state index in [0.717, 1.165) is 41.8 Å². The molecule has 0 saturated carbocycles. The molecule has 44 heavy (non-hydrogen) atoms. The molecule has 0 spiro atoms. The summed E-state index contributed by atoms with van der Waals surface area (Å²) in [5.74, 6) is 1.08. The molecule has 0 bridgehead atoms. The highest BCUT2D eigenvalue weighted by Gasteiger charge is 2.21. The van der Waals surface area contributed by atoms with Crippen LogP contribution in [-0.2, 0) is 12.8 Å². The Morgan fingerprint density at radius 2 is 1.50 bits per heavy atom. The van der Waals surface area contributed by atoms with Crippen molar-refractivity contribution >= 4 is 5.91 Å². The Labute approximate surface area is 262 Å². The fourth-order valence-corrected chi connectivity index (χ4v) is 5.73. The number of phenols is 2. The van der Waals surface area contributed by atoms with Crippen molar-refractivity contribution in [2.24, 2.45) is 0 Å². The van der Waals surface area contributed by atoms with Gasteiger partial charge in [-0.3, -0.25) is 9.69 Å². The number of nitrogens with zero attached hydrogens (tertiary/aromatic N) is 1. The molecule has 0 fully saturated rings. The van der Waals surface area contributed by atoms with Crippen molar-refractivity contribution in [1.82, 2.24) is 10.2 Å². The molecule has 1 amide bonds. The Kier molecular flexibility index (Phi) is 11.8.